The molecule has 4 nitrogen and oxygen atoms in total. The average molecular weight is 269 g/mol. The number of hydrogen-bond donors (Lipinski definition) is 0. The second-order valence-electron chi connectivity index (χ2n) is 2.97. The van der Waals surface area contributed by atoms with Crippen LogP contribution in [0.3, 0.4) is 0 Å². The molecular formula is C8H13ClN2O2S2. The molecule has 1 rings (SSSR count). The molecule has 0 bridgehead atoms. The van der Waals surface area contributed by atoms with Crippen molar-refractivity contribution in [3.05, 3.63) is 12.0 Å². The standard InChI is InChI=1S/C8H13ClN2O2S2/c1-3-7-10-8(15(9,12)13)6-11(7)4-5-14-2/h6H,3-5H2,1-2H3. The van der Waals surface area contributed by atoms with Gasteiger partial charge in [0, 0.05) is 35.6 Å². The monoisotopic (exact) mass is 268 g/mol. The maximum absolute atomic E-state index is 11.1. The van der Waals surface area contributed by atoms with Gasteiger partial charge in [-0.3, -0.25) is 0 Å². The molecule has 0 aromatic carbocycles. The third-order valence-corrected chi connectivity index (χ3v) is 3.70. The van der Waals surface area contributed by atoms with Crippen molar-refractivity contribution in [3.8, 4) is 0 Å². The summed E-state index contributed by atoms with van der Waals surface area (Å²) in [6, 6.07) is 0. The number of imidazole rings is 1. The number of rotatable bonds is 5. The summed E-state index contributed by atoms with van der Waals surface area (Å²) in [6.45, 7) is 2.69. The molecule has 0 saturated carbocycles. The largest absolute Gasteiger partial charge is 0.333 e. The fourth-order valence-corrected chi connectivity index (χ4v) is 2.28. The zero-order valence-corrected chi connectivity index (χ0v) is 11.0. The van der Waals surface area contributed by atoms with Crippen molar-refractivity contribution >= 4 is 31.5 Å². The van der Waals surface area contributed by atoms with Gasteiger partial charge < -0.3 is 4.57 Å². The first-order valence-corrected chi connectivity index (χ1v) is 8.19. The Morgan fingerprint density at radius 1 is 1.60 bits per heavy atom. The Kier molecular flexibility index (Phi) is 4.48. The lowest BCUT2D eigenvalue weighted by Gasteiger charge is -2.03. The summed E-state index contributed by atoms with van der Waals surface area (Å²) in [7, 11) is 1.52. The van der Waals surface area contributed by atoms with E-state index in [0.717, 1.165) is 18.1 Å². The first kappa shape index (κ1) is 12.9. The first-order valence-electron chi connectivity index (χ1n) is 4.48. The number of aryl methyl sites for hydroxylation is 2. The lowest BCUT2D eigenvalue weighted by Crippen LogP contribution is -2.03. The quantitative estimate of drug-likeness (QED) is 0.764. The van der Waals surface area contributed by atoms with E-state index in [1.54, 1.807) is 11.8 Å². The molecule has 1 heterocycles. The molecule has 86 valence electrons. The van der Waals surface area contributed by atoms with Gasteiger partial charge in [-0.1, -0.05) is 6.92 Å². The van der Waals surface area contributed by atoms with Crippen molar-refractivity contribution in [2.75, 3.05) is 12.0 Å². The van der Waals surface area contributed by atoms with Gasteiger partial charge in [0.2, 0.25) is 0 Å². The number of nitrogens with zero attached hydrogens (tertiary/aromatic N) is 2. The molecule has 1 aromatic rings. The minimum Gasteiger partial charge on any atom is -0.333 e. The van der Waals surface area contributed by atoms with Crippen LogP contribution in [0.1, 0.15) is 12.7 Å². The molecule has 0 amide bonds. The summed E-state index contributed by atoms with van der Waals surface area (Å²) in [6.07, 6.45) is 4.19. The third kappa shape index (κ3) is 3.39. The van der Waals surface area contributed by atoms with Gasteiger partial charge in [0.25, 0.3) is 9.05 Å². The van der Waals surface area contributed by atoms with Gasteiger partial charge in [0.15, 0.2) is 5.03 Å². The Hall–Kier alpha value is -0.200. The van der Waals surface area contributed by atoms with E-state index in [0.29, 0.717) is 6.42 Å². The van der Waals surface area contributed by atoms with Crippen molar-refractivity contribution in [2.45, 2.75) is 24.9 Å². The molecule has 0 fully saturated rings. The van der Waals surface area contributed by atoms with Gasteiger partial charge in [0.05, 0.1) is 0 Å². The zero-order valence-electron chi connectivity index (χ0n) is 8.60. The summed E-state index contributed by atoms with van der Waals surface area (Å²) < 4.78 is 24.0. The molecule has 0 N–H and O–H groups in total. The van der Waals surface area contributed by atoms with E-state index >= 15 is 0 Å². The van der Waals surface area contributed by atoms with Crippen LogP contribution in [0.2, 0.25) is 0 Å². The van der Waals surface area contributed by atoms with Crippen molar-refractivity contribution in [3.63, 3.8) is 0 Å². The van der Waals surface area contributed by atoms with Crippen molar-refractivity contribution in [1.29, 1.82) is 0 Å². The van der Waals surface area contributed by atoms with Crippen LogP contribution in [0.25, 0.3) is 0 Å². The summed E-state index contributed by atoms with van der Waals surface area (Å²) in [5.74, 6) is 1.67. The summed E-state index contributed by atoms with van der Waals surface area (Å²) in [5.41, 5.74) is 0. The molecular weight excluding hydrogens is 256 g/mol. The smallest absolute Gasteiger partial charge is 0.280 e. The van der Waals surface area contributed by atoms with Gasteiger partial charge in [-0.05, 0) is 6.26 Å². The SMILES string of the molecule is CCc1nc(S(=O)(=O)Cl)cn1CCSC. The summed E-state index contributed by atoms with van der Waals surface area (Å²) >= 11 is 1.70. The molecule has 0 saturated heterocycles. The van der Waals surface area contributed by atoms with E-state index in [1.807, 2.05) is 17.7 Å². The van der Waals surface area contributed by atoms with E-state index in [4.69, 9.17) is 10.7 Å². The molecule has 1 aromatic heterocycles. The predicted molar refractivity (Wildman–Crippen MR) is 63.0 cm³/mol. The molecule has 0 aliphatic carbocycles. The lowest BCUT2D eigenvalue weighted by atomic mass is 10.4. The van der Waals surface area contributed by atoms with Crippen LogP contribution in [-0.4, -0.2) is 30.0 Å². The van der Waals surface area contributed by atoms with Crippen LogP contribution in [0.15, 0.2) is 11.2 Å². The highest BCUT2D eigenvalue weighted by molar-refractivity contribution is 8.13. The van der Waals surface area contributed by atoms with Crippen LogP contribution < -0.4 is 0 Å². The van der Waals surface area contributed by atoms with E-state index in [-0.39, 0.29) is 5.03 Å². The predicted octanol–water partition coefficient (Wildman–Crippen LogP) is 1.74. The molecule has 0 aliphatic rings. The van der Waals surface area contributed by atoms with E-state index in [2.05, 4.69) is 4.98 Å². The Bertz CT molecular complexity index is 428. The van der Waals surface area contributed by atoms with Gasteiger partial charge in [-0.2, -0.15) is 11.8 Å². The van der Waals surface area contributed by atoms with Crippen LogP contribution in [0.4, 0.5) is 0 Å². The summed E-state index contributed by atoms with van der Waals surface area (Å²) in [5, 5.41) is -0.0536. The Balaban J connectivity index is 3.01. The number of hydrogen-bond acceptors (Lipinski definition) is 4. The number of halogens is 1. The van der Waals surface area contributed by atoms with E-state index < -0.39 is 9.05 Å². The minimum atomic E-state index is -3.71. The average Bonchev–Trinajstić information content (AvgIpc) is 2.57. The van der Waals surface area contributed by atoms with Crippen LogP contribution in [-0.2, 0) is 22.0 Å². The highest BCUT2D eigenvalue weighted by Gasteiger charge is 2.16. The Morgan fingerprint density at radius 3 is 2.73 bits per heavy atom. The van der Waals surface area contributed by atoms with E-state index in [9.17, 15) is 8.42 Å². The molecule has 0 spiro atoms. The molecule has 7 heteroatoms. The Morgan fingerprint density at radius 2 is 2.27 bits per heavy atom. The third-order valence-electron chi connectivity index (χ3n) is 1.94. The lowest BCUT2D eigenvalue weighted by molar-refractivity contribution is 0.606. The minimum absolute atomic E-state index is 0.0536. The van der Waals surface area contributed by atoms with Crippen LogP contribution in [0, 0.1) is 0 Å². The second-order valence-corrected chi connectivity index (χ2v) is 6.47. The molecule has 0 unspecified atom stereocenters. The molecule has 0 radical (unpaired) electrons. The van der Waals surface area contributed by atoms with Gasteiger partial charge >= 0.3 is 0 Å². The van der Waals surface area contributed by atoms with Crippen LogP contribution in [0.5, 0.6) is 0 Å². The van der Waals surface area contributed by atoms with Gasteiger partial charge in [-0.25, -0.2) is 13.4 Å². The van der Waals surface area contributed by atoms with Crippen LogP contribution >= 0.6 is 22.4 Å². The fourth-order valence-electron chi connectivity index (χ4n) is 1.21. The fraction of sp³-hybridized carbons (Fsp3) is 0.625. The van der Waals surface area contributed by atoms with Crippen molar-refractivity contribution < 1.29 is 8.42 Å². The number of thioether (sulfide) groups is 1. The maximum Gasteiger partial charge on any atom is 0.280 e. The van der Waals surface area contributed by atoms with E-state index in [1.165, 1.54) is 6.20 Å². The maximum atomic E-state index is 11.1. The topological polar surface area (TPSA) is 52.0 Å². The van der Waals surface area contributed by atoms with Gasteiger partial charge in [-0.15, -0.1) is 0 Å². The van der Waals surface area contributed by atoms with Gasteiger partial charge in [0.1, 0.15) is 5.82 Å². The molecule has 0 aliphatic heterocycles. The molecule has 0 atom stereocenters. The zero-order chi connectivity index (χ0) is 11.5. The normalized spacial score (nSPS) is 11.9. The van der Waals surface area contributed by atoms with Crippen molar-refractivity contribution in [1.82, 2.24) is 9.55 Å². The van der Waals surface area contributed by atoms with Crippen molar-refractivity contribution in [2.24, 2.45) is 0 Å². The number of aromatic nitrogens is 2. The highest BCUT2D eigenvalue weighted by Crippen LogP contribution is 2.15. The second kappa shape index (κ2) is 5.23. The molecule has 15 heavy (non-hydrogen) atoms. The highest BCUT2D eigenvalue weighted by atomic mass is 35.7. The first-order chi connectivity index (χ1) is 6.99. The Labute approximate surface area is 98.5 Å². The summed E-state index contributed by atoms with van der Waals surface area (Å²) in [4.78, 5) is 3.99.